The van der Waals surface area contributed by atoms with Gasteiger partial charge >= 0.3 is 0 Å². The lowest BCUT2D eigenvalue weighted by Gasteiger charge is -2.40. The molecule has 0 spiro atoms. The van der Waals surface area contributed by atoms with Gasteiger partial charge in [0, 0.05) is 32.2 Å². The molecule has 0 radical (unpaired) electrons. The number of piperidine rings is 1. The summed E-state index contributed by atoms with van der Waals surface area (Å²) in [6.07, 6.45) is 3.17. The van der Waals surface area contributed by atoms with Crippen molar-refractivity contribution in [1.82, 2.24) is 15.1 Å². The molecule has 1 N–H and O–H groups in total. The number of benzene rings is 1. The number of likely N-dealkylation sites (tertiary alicyclic amines) is 1. The largest absolute Gasteiger partial charge is 0.339 e. The van der Waals surface area contributed by atoms with Crippen molar-refractivity contribution in [3.05, 3.63) is 35.6 Å². The summed E-state index contributed by atoms with van der Waals surface area (Å²) >= 11 is 0. The molecular formula is C18H27ClFN3O. The summed E-state index contributed by atoms with van der Waals surface area (Å²) in [5.74, 6) is 0.0509. The van der Waals surface area contributed by atoms with Crippen LogP contribution in [0.15, 0.2) is 24.3 Å². The van der Waals surface area contributed by atoms with E-state index in [4.69, 9.17) is 0 Å². The highest BCUT2D eigenvalue weighted by Gasteiger charge is 2.33. The molecule has 0 bridgehead atoms. The second kappa shape index (κ2) is 8.79. The third-order valence-corrected chi connectivity index (χ3v) is 4.88. The van der Waals surface area contributed by atoms with Crippen molar-refractivity contribution in [2.45, 2.75) is 44.8 Å². The van der Waals surface area contributed by atoms with Crippen LogP contribution in [0.25, 0.3) is 0 Å². The van der Waals surface area contributed by atoms with Gasteiger partial charge in [0.2, 0.25) is 5.91 Å². The van der Waals surface area contributed by atoms with Crippen molar-refractivity contribution in [2.24, 2.45) is 0 Å². The molecule has 24 heavy (non-hydrogen) atoms. The van der Waals surface area contributed by atoms with Gasteiger partial charge < -0.3 is 10.2 Å². The fourth-order valence-corrected chi connectivity index (χ4v) is 3.63. The molecule has 134 valence electrons. The van der Waals surface area contributed by atoms with Crippen LogP contribution in [0.1, 0.15) is 31.7 Å². The maximum absolute atomic E-state index is 13.1. The van der Waals surface area contributed by atoms with Crippen molar-refractivity contribution >= 4 is 18.3 Å². The van der Waals surface area contributed by atoms with E-state index in [0.717, 1.165) is 57.5 Å². The summed E-state index contributed by atoms with van der Waals surface area (Å²) in [5, 5.41) is 3.38. The second-order valence-electron chi connectivity index (χ2n) is 6.75. The molecule has 2 saturated heterocycles. The van der Waals surface area contributed by atoms with Crippen molar-refractivity contribution < 1.29 is 9.18 Å². The average molecular weight is 356 g/mol. The number of nitrogens with one attached hydrogen (secondary N) is 1. The minimum atomic E-state index is -0.213. The second-order valence-corrected chi connectivity index (χ2v) is 6.75. The van der Waals surface area contributed by atoms with Crippen LogP contribution in [0.4, 0.5) is 4.39 Å². The van der Waals surface area contributed by atoms with Gasteiger partial charge in [-0.05, 0) is 44.0 Å². The van der Waals surface area contributed by atoms with Crippen molar-refractivity contribution in [1.29, 1.82) is 0 Å². The molecule has 2 atom stereocenters. The van der Waals surface area contributed by atoms with Crippen molar-refractivity contribution in [3.8, 4) is 0 Å². The van der Waals surface area contributed by atoms with E-state index in [1.807, 2.05) is 17.0 Å². The van der Waals surface area contributed by atoms with Crippen LogP contribution < -0.4 is 5.32 Å². The van der Waals surface area contributed by atoms with E-state index in [2.05, 4.69) is 17.1 Å². The highest BCUT2D eigenvalue weighted by atomic mass is 35.5. The molecule has 0 aliphatic carbocycles. The van der Waals surface area contributed by atoms with Crippen LogP contribution >= 0.6 is 12.4 Å². The zero-order chi connectivity index (χ0) is 16.2. The lowest BCUT2D eigenvalue weighted by atomic mass is 9.99. The fraction of sp³-hybridized carbons (Fsp3) is 0.611. The van der Waals surface area contributed by atoms with E-state index >= 15 is 0 Å². The number of carbonyl (C=O) groups excluding carboxylic acids is 1. The van der Waals surface area contributed by atoms with E-state index in [0.29, 0.717) is 6.04 Å². The molecule has 4 nitrogen and oxygen atoms in total. The Balaban J connectivity index is 0.00000208. The molecule has 0 aromatic heterocycles. The topological polar surface area (TPSA) is 35.6 Å². The molecule has 1 amide bonds. The van der Waals surface area contributed by atoms with Gasteiger partial charge in [-0.2, -0.15) is 0 Å². The number of piperazine rings is 1. The maximum atomic E-state index is 13.1. The lowest BCUT2D eigenvalue weighted by molar-refractivity contribution is -0.139. The highest BCUT2D eigenvalue weighted by Crippen LogP contribution is 2.22. The smallest absolute Gasteiger partial charge is 0.240 e. The normalized spacial score (nSPS) is 25.2. The fourth-order valence-electron chi connectivity index (χ4n) is 3.63. The van der Waals surface area contributed by atoms with E-state index in [9.17, 15) is 9.18 Å². The summed E-state index contributed by atoms with van der Waals surface area (Å²) < 4.78 is 13.1. The van der Waals surface area contributed by atoms with Crippen LogP contribution in [-0.2, 0) is 11.3 Å². The van der Waals surface area contributed by atoms with Crippen molar-refractivity contribution in [2.75, 3.05) is 26.2 Å². The van der Waals surface area contributed by atoms with E-state index in [1.165, 1.54) is 12.1 Å². The summed E-state index contributed by atoms with van der Waals surface area (Å²) in [7, 11) is 0. The third kappa shape index (κ3) is 4.68. The number of rotatable bonds is 3. The first-order chi connectivity index (χ1) is 11.1. The third-order valence-electron chi connectivity index (χ3n) is 4.88. The Kier molecular flexibility index (Phi) is 7.02. The van der Waals surface area contributed by atoms with Crippen LogP contribution in [0.2, 0.25) is 0 Å². The Morgan fingerprint density at radius 3 is 2.71 bits per heavy atom. The Hall–Kier alpha value is -1.17. The molecular weight excluding hydrogens is 329 g/mol. The molecule has 1 aromatic rings. The Labute approximate surface area is 149 Å². The number of carbonyl (C=O) groups is 1. The molecule has 6 heteroatoms. The van der Waals surface area contributed by atoms with Crippen LogP contribution in [0, 0.1) is 5.82 Å². The lowest BCUT2D eigenvalue weighted by Crippen LogP contribution is -2.57. The molecule has 0 saturated carbocycles. The number of amides is 1. The van der Waals surface area contributed by atoms with Gasteiger partial charge in [-0.15, -0.1) is 12.4 Å². The number of hydrogen-bond acceptors (Lipinski definition) is 3. The van der Waals surface area contributed by atoms with Crippen molar-refractivity contribution in [3.63, 3.8) is 0 Å². The monoisotopic (exact) mass is 355 g/mol. The molecule has 2 fully saturated rings. The predicted octanol–water partition coefficient (Wildman–Crippen LogP) is 2.42. The first-order valence-electron chi connectivity index (χ1n) is 8.64. The zero-order valence-electron chi connectivity index (χ0n) is 14.2. The minimum absolute atomic E-state index is 0. The molecule has 2 aliphatic rings. The van der Waals surface area contributed by atoms with Gasteiger partial charge in [0.25, 0.3) is 0 Å². The Morgan fingerprint density at radius 2 is 2.00 bits per heavy atom. The average Bonchev–Trinajstić information content (AvgIpc) is 2.57. The highest BCUT2D eigenvalue weighted by molar-refractivity contribution is 5.85. The van der Waals surface area contributed by atoms with Gasteiger partial charge in [-0.1, -0.05) is 18.6 Å². The Bertz CT molecular complexity index is 540. The van der Waals surface area contributed by atoms with Gasteiger partial charge in [0.1, 0.15) is 5.82 Å². The first kappa shape index (κ1) is 19.2. The summed E-state index contributed by atoms with van der Waals surface area (Å²) in [6, 6.07) is 6.96. The van der Waals surface area contributed by atoms with Crippen LogP contribution in [0.3, 0.4) is 0 Å². The predicted molar refractivity (Wildman–Crippen MR) is 95.7 cm³/mol. The number of halogens is 2. The van der Waals surface area contributed by atoms with Crippen LogP contribution in [-0.4, -0.2) is 54.0 Å². The first-order valence-corrected chi connectivity index (χ1v) is 8.64. The van der Waals surface area contributed by atoms with E-state index in [-0.39, 0.29) is 30.2 Å². The summed E-state index contributed by atoms with van der Waals surface area (Å²) in [6.45, 7) is 6.24. The molecule has 2 aliphatic heterocycles. The van der Waals surface area contributed by atoms with Gasteiger partial charge in [0.15, 0.2) is 0 Å². The van der Waals surface area contributed by atoms with E-state index in [1.54, 1.807) is 0 Å². The van der Waals surface area contributed by atoms with E-state index < -0.39 is 0 Å². The summed E-state index contributed by atoms with van der Waals surface area (Å²) in [5.41, 5.74) is 1.07. The molecule has 2 heterocycles. The standard InChI is InChI=1S/C18H26FN3O.ClH/c1-14-12-22(11-9-20-14)18(23)17-4-2-3-10-21(17)13-15-5-7-16(19)8-6-15;/h5-8,14,17,20H,2-4,9-13H2,1H3;1H. The zero-order valence-corrected chi connectivity index (χ0v) is 15.0. The van der Waals surface area contributed by atoms with Gasteiger partial charge in [0.05, 0.1) is 6.04 Å². The number of hydrogen-bond donors (Lipinski definition) is 1. The van der Waals surface area contributed by atoms with Crippen LogP contribution in [0.5, 0.6) is 0 Å². The van der Waals surface area contributed by atoms with Gasteiger partial charge in [-0.25, -0.2) is 4.39 Å². The SMILES string of the molecule is CC1CN(C(=O)C2CCCCN2Cc2ccc(F)cc2)CCN1.Cl. The van der Waals surface area contributed by atoms with Gasteiger partial charge in [-0.3, -0.25) is 9.69 Å². The molecule has 2 unspecified atom stereocenters. The minimum Gasteiger partial charge on any atom is -0.339 e. The number of nitrogens with zero attached hydrogens (tertiary/aromatic N) is 2. The maximum Gasteiger partial charge on any atom is 0.240 e. The molecule has 3 rings (SSSR count). The molecule has 1 aromatic carbocycles. The quantitative estimate of drug-likeness (QED) is 0.904. The summed E-state index contributed by atoms with van der Waals surface area (Å²) in [4.78, 5) is 17.2. The Morgan fingerprint density at radius 1 is 1.25 bits per heavy atom.